The molecule has 2 aliphatic rings. The van der Waals surface area contributed by atoms with E-state index >= 15 is 0 Å². The molecule has 190 valence electrons. The quantitative estimate of drug-likeness (QED) is 0.549. The molecule has 0 aliphatic carbocycles. The second kappa shape index (κ2) is 10.4. The van der Waals surface area contributed by atoms with Gasteiger partial charge in [0.15, 0.2) is 17.4 Å². The largest absolute Gasteiger partial charge is 0.378 e. The highest BCUT2D eigenvalue weighted by Gasteiger charge is 2.28. The van der Waals surface area contributed by atoms with Gasteiger partial charge in [0.05, 0.1) is 17.7 Å². The molecule has 11 heteroatoms. The predicted molar refractivity (Wildman–Crippen MR) is 136 cm³/mol. The highest BCUT2D eigenvalue weighted by atomic mass is 35.5. The van der Waals surface area contributed by atoms with Crippen molar-refractivity contribution >= 4 is 40.8 Å². The summed E-state index contributed by atoms with van der Waals surface area (Å²) in [5.74, 6) is -0.569. The lowest BCUT2D eigenvalue weighted by Crippen LogP contribution is -2.51. The van der Waals surface area contributed by atoms with Crippen LogP contribution in [0.15, 0.2) is 60.8 Å². The molecular formula is C26H23ClFN5O4. The number of amides is 3. The number of piperazine rings is 1. The molecule has 2 aromatic carbocycles. The number of aromatic nitrogens is 1. The lowest BCUT2D eigenvalue weighted by molar-refractivity contribution is 0.0666. The van der Waals surface area contributed by atoms with Crippen LogP contribution in [0.1, 0.15) is 27.1 Å². The molecule has 5 rings (SSSR count). The Balaban J connectivity index is 1.23. The Morgan fingerprint density at radius 2 is 1.70 bits per heavy atom. The van der Waals surface area contributed by atoms with Gasteiger partial charge in [-0.2, -0.15) is 5.06 Å². The van der Waals surface area contributed by atoms with Gasteiger partial charge in [-0.25, -0.2) is 14.2 Å². The van der Waals surface area contributed by atoms with Crippen LogP contribution in [-0.4, -0.2) is 65.2 Å². The van der Waals surface area contributed by atoms with E-state index in [1.54, 1.807) is 47.5 Å². The number of rotatable bonds is 4. The predicted octanol–water partition coefficient (Wildman–Crippen LogP) is 4.25. The smallest absolute Gasteiger partial charge is 0.321 e. The molecule has 2 aliphatic heterocycles. The zero-order valence-corrected chi connectivity index (χ0v) is 20.4. The van der Waals surface area contributed by atoms with Crippen molar-refractivity contribution in [3.05, 3.63) is 82.8 Å². The van der Waals surface area contributed by atoms with Crippen molar-refractivity contribution < 1.29 is 23.6 Å². The first kappa shape index (κ1) is 24.5. The molecule has 0 spiro atoms. The minimum atomic E-state index is -0.674. The number of hydroxylamine groups is 1. The first-order valence-electron chi connectivity index (χ1n) is 11.7. The number of carbonyl (C=O) groups excluding carboxylic acids is 3. The summed E-state index contributed by atoms with van der Waals surface area (Å²) in [5, 5.41) is 4.83. The molecule has 1 aromatic heterocycles. The van der Waals surface area contributed by atoms with Crippen molar-refractivity contribution in [3.8, 4) is 5.75 Å². The minimum absolute atomic E-state index is 0.0288. The van der Waals surface area contributed by atoms with Crippen LogP contribution >= 0.6 is 11.6 Å². The Bertz CT molecular complexity index is 1350. The van der Waals surface area contributed by atoms with Gasteiger partial charge in [-0.15, -0.1) is 0 Å². The second-order valence-electron chi connectivity index (χ2n) is 8.60. The highest BCUT2D eigenvalue weighted by Crippen LogP contribution is 2.27. The molecule has 1 N–H and O–H groups in total. The van der Waals surface area contributed by atoms with Gasteiger partial charge in [0, 0.05) is 49.5 Å². The van der Waals surface area contributed by atoms with Crippen molar-refractivity contribution in [2.24, 2.45) is 0 Å². The van der Waals surface area contributed by atoms with Crippen LogP contribution in [0.5, 0.6) is 5.75 Å². The van der Waals surface area contributed by atoms with Crippen molar-refractivity contribution in [2.45, 2.75) is 6.42 Å². The first-order chi connectivity index (χ1) is 17.9. The van der Waals surface area contributed by atoms with Gasteiger partial charge in [-0.05, 0) is 54.6 Å². The third kappa shape index (κ3) is 5.34. The zero-order chi connectivity index (χ0) is 25.9. The number of Topliss-reactive ketones (excluding diaryl/α,β-unsaturated/α-hetero) is 1. The molecule has 9 nitrogen and oxygen atoms in total. The molecule has 1 fully saturated rings. The Labute approximate surface area is 217 Å². The molecule has 0 unspecified atom stereocenters. The van der Waals surface area contributed by atoms with Gasteiger partial charge in [0.2, 0.25) is 0 Å². The monoisotopic (exact) mass is 523 g/mol. The number of hydrogen-bond donors (Lipinski definition) is 1. The van der Waals surface area contributed by atoms with Gasteiger partial charge in [0.25, 0.3) is 5.91 Å². The average molecular weight is 524 g/mol. The number of anilines is 2. The van der Waals surface area contributed by atoms with E-state index in [0.717, 1.165) is 0 Å². The number of pyridine rings is 1. The van der Waals surface area contributed by atoms with Crippen molar-refractivity contribution in [1.29, 1.82) is 0 Å². The maximum atomic E-state index is 14.7. The van der Waals surface area contributed by atoms with Crippen LogP contribution in [0.4, 0.5) is 20.7 Å². The van der Waals surface area contributed by atoms with E-state index in [2.05, 4.69) is 10.3 Å². The molecule has 0 atom stereocenters. The number of nitrogens with zero attached hydrogens (tertiary/aromatic N) is 4. The van der Waals surface area contributed by atoms with Gasteiger partial charge >= 0.3 is 6.03 Å². The van der Waals surface area contributed by atoms with Crippen LogP contribution in [0.3, 0.4) is 0 Å². The highest BCUT2D eigenvalue weighted by molar-refractivity contribution is 6.30. The minimum Gasteiger partial charge on any atom is -0.378 e. The third-order valence-electron chi connectivity index (χ3n) is 6.20. The van der Waals surface area contributed by atoms with E-state index in [9.17, 15) is 18.8 Å². The van der Waals surface area contributed by atoms with Crippen molar-refractivity contribution in [2.75, 3.05) is 43.1 Å². The van der Waals surface area contributed by atoms with Crippen molar-refractivity contribution in [3.63, 3.8) is 0 Å². The number of urea groups is 1. The topological polar surface area (TPSA) is 95.1 Å². The number of nitrogens with one attached hydrogen (secondary N) is 1. The van der Waals surface area contributed by atoms with Gasteiger partial charge < -0.3 is 20.0 Å². The van der Waals surface area contributed by atoms with Crippen molar-refractivity contribution in [1.82, 2.24) is 14.8 Å². The summed E-state index contributed by atoms with van der Waals surface area (Å²) in [6.45, 7) is 1.38. The third-order valence-corrected chi connectivity index (χ3v) is 6.45. The summed E-state index contributed by atoms with van der Waals surface area (Å²) < 4.78 is 14.7. The summed E-state index contributed by atoms with van der Waals surface area (Å²) >= 11 is 5.88. The van der Waals surface area contributed by atoms with E-state index < -0.39 is 11.7 Å². The molecule has 3 heterocycles. The number of benzene rings is 2. The summed E-state index contributed by atoms with van der Waals surface area (Å²) in [6, 6.07) is 13.8. The molecule has 0 radical (unpaired) electrons. The van der Waals surface area contributed by atoms with E-state index in [0.29, 0.717) is 35.2 Å². The van der Waals surface area contributed by atoms with Crippen LogP contribution < -0.4 is 15.2 Å². The number of ketones is 1. The summed E-state index contributed by atoms with van der Waals surface area (Å²) in [5.41, 5.74) is 0.929. The lowest BCUT2D eigenvalue weighted by Gasteiger charge is -2.35. The number of carbonyl (C=O) groups is 3. The maximum Gasteiger partial charge on any atom is 0.321 e. The van der Waals surface area contributed by atoms with Gasteiger partial charge in [-0.1, -0.05) is 11.6 Å². The Morgan fingerprint density at radius 3 is 2.46 bits per heavy atom. The fraction of sp³-hybridized carbons (Fsp3) is 0.231. The normalized spacial score (nSPS) is 15.3. The zero-order valence-electron chi connectivity index (χ0n) is 19.7. The van der Waals surface area contributed by atoms with E-state index in [4.69, 9.17) is 16.4 Å². The summed E-state index contributed by atoms with van der Waals surface area (Å²) in [6.07, 6.45) is 1.81. The van der Waals surface area contributed by atoms with Crippen LogP contribution in [-0.2, 0) is 0 Å². The van der Waals surface area contributed by atoms with E-state index in [1.807, 2.05) is 0 Å². The molecular weight excluding hydrogens is 501 g/mol. The Kier molecular flexibility index (Phi) is 6.91. The molecule has 0 saturated carbocycles. The Hall–Kier alpha value is -4.18. The standard InChI is InChI=1S/C26H23ClFN5O4/c27-17-3-5-18(6-4-17)30-26(36)32-14-12-31(13-15-32)25(35)21-16-19(7-8-22(21)28)37-33-11-9-23(34)20-2-1-10-29-24(20)33/h1-8,10,16H,9,11-15H2,(H,30,36). The fourth-order valence-electron chi connectivity index (χ4n) is 4.22. The van der Waals surface area contributed by atoms with Gasteiger partial charge in [0.1, 0.15) is 5.82 Å². The van der Waals surface area contributed by atoms with Crippen LogP contribution in [0.2, 0.25) is 5.02 Å². The maximum absolute atomic E-state index is 14.7. The second-order valence-corrected chi connectivity index (χ2v) is 9.04. The van der Waals surface area contributed by atoms with Crippen LogP contribution in [0.25, 0.3) is 0 Å². The fourth-order valence-corrected chi connectivity index (χ4v) is 4.34. The molecule has 3 amide bonds. The van der Waals surface area contributed by atoms with Gasteiger partial charge in [-0.3, -0.25) is 9.59 Å². The number of halogens is 2. The molecule has 37 heavy (non-hydrogen) atoms. The average Bonchev–Trinajstić information content (AvgIpc) is 2.92. The molecule has 0 bridgehead atoms. The molecule has 1 saturated heterocycles. The lowest BCUT2D eigenvalue weighted by atomic mass is 10.1. The molecule has 3 aromatic rings. The SMILES string of the molecule is O=C1CCN(Oc2ccc(F)c(C(=O)N3CCN(C(=O)Nc4ccc(Cl)cc4)CC3)c2)c2ncccc21. The first-order valence-corrected chi connectivity index (χ1v) is 12.1. The summed E-state index contributed by atoms with van der Waals surface area (Å²) in [4.78, 5) is 51.1. The Morgan fingerprint density at radius 1 is 0.973 bits per heavy atom. The van der Waals surface area contributed by atoms with E-state index in [-0.39, 0.29) is 49.2 Å². The van der Waals surface area contributed by atoms with Crippen LogP contribution in [0, 0.1) is 5.82 Å². The number of fused-ring (bicyclic) bond motifs is 1. The summed E-state index contributed by atoms with van der Waals surface area (Å²) in [7, 11) is 0. The van der Waals surface area contributed by atoms with E-state index in [1.165, 1.54) is 28.2 Å². The number of hydrogen-bond acceptors (Lipinski definition) is 6.